The second kappa shape index (κ2) is 7.95. The average Bonchev–Trinajstić information content (AvgIpc) is 3.00. The van der Waals surface area contributed by atoms with Crippen LogP contribution in [0.15, 0.2) is 60.7 Å². The summed E-state index contributed by atoms with van der Waals surface area (Å²) in [4.78, 5) is 12.5. The molecular weight excluding hydrogens is 344 g/mol. The maximum atomic E-state index is 12.5. The summed E-state index contributed by atoms with van der Waals surface area (Å²) in [7, 11) is 0. The summed E-state index contributed by atoms with van der Waals surface area (Å²) >= 11 is 0. The van der Waals surface area contributed by atoms with Crippen LogP contribution in [0, 0.1) is 11.3 Å². The molecular formula is C26H30O2. The Morgan fingerprint density at radius 2 is 1.93 bits per heavy atom. The van der Waals surface area contributed by atoms with Gasteiger partial charge in [0, 0.05) is 5.41 Å². The van der Waals surface area contributed by atoms with Crippen molar-refractivity contribution in [2.24, 2.45) is 11.3 Å². The Labute approximate surface area is 168 Å². The van der Waals surface area contributed by atoms with Crippen LogP contribution in [0.5, 0.6) is 5.75 Å². The molecule has 2 aliphatic rings. The van der Waals surface area contributed by atoms with Gasteiger partial charge in [0.25, 0.3) is 0 Å². The standard InChI is InChI=1S/C26H30O2/c1-19-15-16-26(2)22(11-14-25(26)27)10-6-9-21-17-23(12-13-24(19)21)28-18-20-7-4-3-5-8-20/h3-5,7-8,11-14,17,19,22H,6,9-10,15-16,18H2,1-2H3/t19-,22-,26+/m1/s1. The molecule has 0 heterocycles. The molecule has 0 bridgehead atoms. The van der Waals surface area contributed by atoms with Gasteiger partial charge < -0.3 is 4.74 Å². The van der Waals surface area contributed by atoms with Crippen LogP contribution in [0.25, 0.3) is 0 Å². The molecule has 0 saturated heterocycles. The zero-order chi connectivity index (χ0) is 19.6. The van der Waals surface area contributed by atoms with E-state index in [1.54, 1.807) is 0 Å². The predicted octanol–water partition coefficient (Wildman–Crippen LogP) is 6.25. The molecule has 0 radical (unpaired) electrons. The predicted molar refractivity (Wildman–Crippen MR) is 114 cm³/mol. The summed E-state index contributed by atoms with van der Waals surface area (Å²) in [6.07, 6.45) is 9.26. The second-order valence-electron chi connectivity index (χ2n) is 8.71. The monoisotopic (exact) mass is 374 g/mol. The second-order valence-corrected chi connectivity index (χ2v) is 8.71. The van der Waals surface area contributed by atoms with Gasteiger partial charge in [-0.1, -0.05) is 56.3 Å². The van der Waals surface area contributed by atoms with Crippen LogP contribution in [-0.4, -0.2) is 5.78 Å². The Morgan fingerprint density at radius 3 is 2.75 bits per heavy atom. The van der Waals surface area contributed by atoms with E-state index < -0.39 is 0 Å². The lowest BCUT2D eigenvalue weighted by Crippen LogP contribution is -2.31. The molecule has 2 nitrogen and oxygen atoms in total. The van der Waals surface area contributed by atoms with Crippen molar-refractivity contribution in [1.29, 1.82) is 0 Å². The topological polar surface area (TPSA) is 26.3 Å². The first-order valence-corrected chi connectivity index (χ1v) is 10.6. The Morgan fingerprint density at radius 1 is 1.11 bits per heavy atom. The molecule has 2 aliphatic carbocycles. The zero-order valence-electron chi connectivity index (χ0n) is 17.0. The molecule has 4 rings (SSSR count). The van der Waals surface area contributed by atoms with Crippen molar-refractivity contribution in [3.8, 4) is 5.75 Å². The minimum absolute atomic E-state index is 0.190. The van der Waals surface area contributed by atoms with Gasteiger partial charge in [-0.2, -0.15) is 0 Å². The number of allylic oxidation sites excluding steroid dienone is 2. The number of carbonyl (C=O) groups is 1. The quantitative estimate of drug-likeness (QED) is 0.635. The van der Waals surface area contributed by atoms with Crippen molar-refractivity contribution in [1.82, 2.24) is 0 Å². The zero-order valence-corrected chi connectivity index (χ0v) is 17.0. The molecule has 0 N–H and O–H groups in total. The number of ketones is 1. The van der Waals surface area contributed by atoms with E-state index in [9.17, 15) is 4.79 Å². The maximum Gasteiger partial charge on any atom is 0.161 e. The van der Waals surface area contributed by atoms with Gasteiger partial charge in [-0.3, -0.25) is 4.79 Å². The van der Waals surface area contributed by atoms with Crippen molar-refractivity contribution in [2.75, 3.05) is 0 Å². The van der Waals surface area contributed by atoms with Crippen LogP contribution in [0.3, 0.4) is 0 Å². The lowest BCUT2D eigenvalue weighted by Gasteiger charge is -2.33. The van der Waals surface area contributed by atoms with Gasteiger partial charge >= 0.3 is 0 Å². The average molecular weight is 375 g/mol. The van der Waals surface area contributed by atoms with E-state index in [1.807, 2.05) is 24.3 Å². The van der Waals surface area contributed by atoms with Crippen LogP contribution in [-0.2, 0) is 17.8 Å². The van der Waals surface area contributed by atoms with Gasteiger partial charge in [-0.15, -0.1) is 0 Å². The van der Waals surface area contributed by atoms with E-state index >= 15 is 0 Å². The van der Waals surface area contributed by atoms with E-state index in [2.05, 4.69) is 50.3 Å². The van der Waals surface area contributed by atoms with Crippen LogP contribution in [0.4, 0.5) is 0 Å². The van der Waals surface area contributed by atoms with E-state index in [0.29, 0.717) is 24.2 Å². The fourth-order valence-corrected chi connectivity index (χ4v) is 4.81. The number of benzene rings is 2. The summed E-state index contributed by atoms with van der Waals surface area (Å²) in [5.41, 5.74) is 3.83. The van der Waals surface area contributed by atoms with Crippen molar-refractivity contribution in [3.63, 3.8) is 0 Å². The van der Waals surface area contributed by atoms with Gasteiger partial charge in [0.2, 0.25) is 0 Å². The van der Waals surface area contributed by atoms with Gasteiger partial charge in [0.1, 0.15) is 12.4 Å². The van der Waals surface area contributed by atoms with Crippen LogP contribution in [0.2, 0.25) is 0 Å². The number of hydrogen-bond donors (Lipinski definition) is 0. The summed E-state index contributed by atoms with van der Waals surface area (Å²) in [5.74, 6) is 2.14. The van der Waals surface area contributed by atoms with Crippen LogP contribution in [0.1, 0.15) is 62.1 Å². The van der Waals surface area contributed by atoms with E-state index in [0.717, 1.165) is 37.9 Å². The van der Waals surface area contributed by atoms with Gasteiger partial charge in [-0.25, -0.2) is 0 Å². The molecule has 0 aliphatic heterocycles. The first-order chi connectivity index (χ1) is 13.6. The Hall–Kier alpha value is -2.35. The van der Waals surface area contributed by atoms with Crippen molar-refractivity contribution in [3.05, 3.63) is 77.4 Å². The third-order valence-electron chi connectivity index (χ3n) is 6.81. The highest BCUT2D eigenvalue weighted by atomic mass is 16.5. The molecule has 0 unspecified atom stereocenters. The van der Waals surface area contributed by atoms with Crippen LogP contribution < -0.4 is 4.74 Å². The lowest BCUT2D eigenvalue weighted by molar-refractivity contribution is -0.124. The number of carbonyl (C=O) groups excluding carboxylic acids is 1. The number of rotatable bonds is 3. The first kappa shape index (κ1) is 19.0. The van der Waals surface area contributed by atoms with E-state index in [4.69, 9.17) is 4.74 Å². The highest BCUT2D eigenvalue weighted by molar-refractivity contribution is 5.97. The summed E-state index contributed by atoms with van der Waals surface area (Å²) in [5, 5.41) is 0. The summed E-state index contributed by atoms with van der Waals surface area (Å²) < 4.78 is 6.06. The van der Waals surface area contributed by atoms with Gasteiger partial charge in [-0.05, 0) is 78.8 Å². The lowest BCUT2D eigenvalue weighted by atomic mass is 9.70. The molecule has 0 amide bonds. The molecule has 0 saturated carbocycles. The molecule has 0 fully saturated rings. The van der Waals surface area contributed by atoms with Crippen molar-refractivity contribution < 1.29 is 9.53 Å². The molecule has 3 atom stereocenters. The highest BCUT2D eigenvalue weighted by Crippen LogP contribution is 2.45. The molecule has 146 valence electrons. The molecule has 2 aromatic carbocycles. The third-order valence-corrected chi connectivity index (χ3v) is 6.81. The smallest absolute Gasteiger partial charge is 0.161 e. The molecule has 2 heteroatoms. The first-order valence-electron chi connectivity index (χ1n) is 10.6. The summed E-state index contributed by atoms with van der Waals surface area (Å²) in [6, 6.07) is 16.9. The minimum atomic E-state index is -0.190. The maximum absolute atomic E-state index is 12.5. The molecule has 28 heavy (non-hydrogen) atoms. The number of hydrogen-bond acceptors (Lipinski definition) is 2. The van der Waals surface area contributed by atoms with Crippen molar-refractivity contribution in [2.45, 2.75) is 58.5 Å². The molecule has 2 aromatic rings. The number of fused-ring (bicyclic) bond motifs is 2. The van der Waals surface area contributed by atoms with Gasteiger partial charge in [0.05, 0.1) is 0 Å². The highest BCUT2D eigenvalue weighted by Gasteiger charge is 2.42. The Bertz CT molecular complexity index is 867. The fraction of sp³-hybridized carbons (Fsp3) is 0.423. The SMILES string of the molecule is C[C@@H]1CC[C@]2(C)C(=O)C=C[C@H]2CCCc2cc(OCc3ccccc3)ccc21. The molecule has 0 spiro atoms. The largest absolute Gasteiger partial charge is 0.489 e. The van der Waals surface area contributed by atoms with Crippen molar-refractivity contribution >= 4 is 5.78 Å². The van der Waals surface area contributed by atoms with Gasteiger partial charge in [0.15, 0.2) is 5.78 Å². The Balaban J connectivity index is 1.52. The Kier molecular flexibility index (Phi) is 5.39. The third kappa shape index (κ3) is 3.78. The van der Waals surface area contributed by atoms with E-state index in [1.165, 1.54) is 16.7 Å². The normalized spacial score (nSPS) is 27.1. The fourth-order valence-electron chi connectivity index (χ4n) is 4.81. The number of ether oxygens (including phenoxy) is 1. The van der Waals surface area contributed by atoms with E-state index in [-0.39, 0.29) is 5.41 Å². The summed E-state index contributed by atoms with van der Waals surface area (Å²) in [6.45, 7) is 5.08. The number of aryl methyl sites for hydroxylation is 1. The molecule has 0 aromatic heterocycles. The van der Waals surface area contributed by atoms with Crippen LogP contribution >= 0.6 is 0 Å². The minimum Gasteiger partial charge on any atom is -0.489 e.